The Morgan fingerprint density at radius 2 is 1.97 bits per heavy atom. The maximum Gasteiger partial charge on any atom is 0.229 e. The quantitative estimate of drug-likeness (QED) is 0.633. The molecule has 4 N–H and O–H groups in total. The topological polar surface area (TPSA) is 103 Å². The summed E-state index contributed by atoms with van der Waals surface area (Å²) < 4.78 is 0. The fraction of sp³-hybridized carbons (Fsp3) is 0.450. The average molecular weight is 436 g/mol. The summed E-state index contributed by atoms with van der Waals surface area (Å²) in [6, 6.07) is 7.87. The van der Waals surface area contributed by atoms with Crippen molar-refractivity contribution in [3.63, 3.8) is 0 Å². The second-order valence-corrected chi connectivity index (χ2v) is 7.30. The Balaban J connectivity index is 0.00000150. The minimum absolute atomic E-state index is 0. The standard InChI is InChI=1S/C20H25N7.2ClH/c1-23-15-6-7-27(12-15)19-17-4-2-3-5-18(17)25-20(26-19)24-16-9-13(11-21)8-14(22)10-16;;/h8-10,15,23H,2-7,12,22H2,1H3,(H,24,25,26);2*1H/t15-;;/m0../s1. The third kappa shape index (κ3) is 5.02. The van der Waals surface area contributed by atoms with E-state index >= 15 is 0 Å². The molecule has 1 atom stereocenters. The number of likely N-dealkylation sites (N-methyl/N-ethyl adjacent to an activating group) is 1. The number of nitriles is 1. The monoisotopic (exact) mass is 435 g/mol. The van der Waals surface area contributed by atoms with Gasteiger partial charge in [0.1, 0.15) is 5.82 Å². The molecule has 2 aliphatic rings. The highest BCUT2D eigenvalue weighted by Gasteiger charge is 2.27. The van der Waals surface area contributed by atoms with Crippen LogP contribution < -0.4 is 21.3 Å². The second-order valence-electron chi connectivity index (χ2n) is 7.30. The molecule has 4 rings (SSSR count). The number of halogens is 2. The fourth-order valence-corrected chi connectivity index (χ4v) is 4.00. The SMILES string of the molecule is CN[C@H]1CCN(c2nc(Nc3cc(N)cc(C#N)c3)nc3c2CCCC3)C1.Cl.Cl. The smallest absolute Gasteiger partial charge is 0.229 e. The summed E-state index contributed by atoms with van der Waals surface area (Å²) in [5, 5.41) is 15.8. The van der Waals surface area contributed by atoms with Gasteiger partial charge in [-0.15, -0.1) is 24.8 Å². The summed E-state index contributed by atoms with van der Waals surface area (Å²) in [5.41, 5.74) is 10.2. The van der Waals surface area contributed by atoms with Crippen LogP contribution in [-0.2, 0) is 12.8 Å². The summed E-state index contributed by atoms with van der Waals surface area (Å²) in [6.45, 7) is 1.97. The fourth-order valence-electron chi connectivity index (χ4n) is 4.00. The third-order valence-corrected chi connectivity index (χ3v) is 5.40. The number of rotatable bonds is 4. The van der Waals surface area contributed by atoms with E-state index in [2.05, 4.69) is 21.6 Å². The lowest BCUT2D eigenvalue weighted by Gasteiger charge is -2.25. The Bertz CT molecular complexity index is 897. The molecule has 0 spiro atoms. The predicted molar refractivity (Wildman–Crippen MR) is 122 cm³/mol. The Morgan fingerprint density at radius 1 is 1.17 bits per heavy atom. The van der Waals surface area contributed by atoms with E-state index in [0.29, 0.717) is 23.2 Å². The van der Waals surface area contributed by atoms with Crippen molar-refractivity contribution in [3.05, 3.63) is 35.0 Å². The van der Waals surface area contributed by atoms with Crippen LogP contribution in [0, 0.1) is 11.3 Å². The lowest BCUT2D eigenvalue weighted by Crippen LogP contribution is -2.31. The van der Waals surface area contributed by atoms with Crippen molar-refractivity contribution in [3.8, 4) is 6.07 Å². The highest BCUT2D eigenvalue weighted by molar-refractivity contribution is 5.85. The van der Waals surface area contributed by atoms with Crippen LogP contribution in [0.4, 0.5) is 23.1 Å². The number of hydrogen-bond acceptors (Lipinski definition) is 7. The molecule has 2 aromatic rings. The number of nitrogens with one attached hydrogen (secondary N) is 2. The van der Waals surface area contributed by atoms with Crippen molar-refractivity contribution in [2.45, 2.75) is 38.1 Å². The first-order valence-corrected chi connectivity index (χ1v) is 9.56. The van der Waals surface area contributed by atoms with E-state index in [1.54, 1.807) is 18.2 Å². The molecule has 29 heavy (non-hydrogen) atoms. The molecule has 0 radical (unpaired) electrons. The minimum Gasteiger partial charge on any atom is -0.399 e. The van der Waals surface area contributed by atoms with Crippen LogP contribution in [0.5, 0.6) is 0 Å². The number of hydrogen-bond donors (Lipinski definition) is 3. The molecule has 1 saturated heterocycles. The van der Waals surface area contributed by atoms with E-state index in [-0.39, 0.29) is 24.8 Å². The number of benzene rings is 1. The average Bonchev–Trinajstić information content (AvgIpc) is 3.16. The van der Waals surface area contributed by atoms with Gasteiger partial charge in [0.05, 0.1) is 17.3 Å². The molecular weight excluding hydrogens is 409 g/mol. The summed E-state index contributed by atoms with van der Waals surface area (Å²) in [5.74, 6) is 1.64. The molecule has 1 aromatic carbocycles. The lowest BCUT2D eigenvalue weighted by atomic mass is 9.96. The zero-order valence-corrected chi connectivity index (χ0v) is 18.1. The minimum atomic E-state index is 0. The number of aromatic nitrogens is 2. The Hall–Kier alpha value is -2.27. The maximum atomic E-state index is 9.17. The third-order valence-electron chi connectivity index (χ3n) is 5.40. The largest absolute Gasteiger partial charge is 0.399 e. The molecular formula is C20H27Cl2N7. The molecule has 1 fully saturated rings. The molecule has 0 unspecified atom stereocenters. The van der Waals surface area contributed by atoms with Crippen molar-refractivity contribution in [1.82, 2.24) is 15.3 Å². The van der Waals surface area contributed by atoms with Gasteiger partial charge in [-0.25, -0.2) is 4.98 Å². The van der Waals surface area contributed by atoms with Gasteiger partial charge in [-0.1, -0.05) is 0 Å². The van der Waals surface area contributed by atoms with Crippen molar-refractivity contribution in [2.24, 2.45) is 0 Å². The number of nitrogen functional groups attached to an aromatic ring is 1. The van der Waals surface area contributed by atoms with E-state index in [9.17, 15) is 0 Å². The van der Waals surface area contributed by atoms with Crippen LogP contribution >= 0.6 is 24.8 Å². The van der Waals surface area contributed by atoms with Crippen LogP contribution in [-0.4, -0.2) is 36.1 Å². The first-order chi connectivity index (χ1) is 13.2. The summed E-state index contributed by atoms with van der Waals surface area (Å²) in [6.07, 6.45) is 5.52. The lowest BCUT2D eigenvalue weighted by molar-refractivity contribution is 0.615. The van der Waals surface area contributed by atoms with Crippen LogP contribution in [0.2, 0.25) is 0 Å². The van der Waals surface area contributed by atoms with E-state index < -0.39 is 0 Å². The van der Waals surface area contributed by atoms with Gasteiger partial charge < -0.3 is 21.3 Å². The van der Waals surface area contributed by atoms with Gasteiger partial charge in [0, 0.05) is 36.1 Å². The van der Waals surface area contributed by atoms with Gasteiger partial charge in [0.25, 0.3) is 0 Å². The van der Waals surface area contributed by atoms with E-state index in [1.807, 2.05) is 7.05 Å². The van der Waals surface area contributed by atoms with Gasteiger partial charge in [-0.05, 0) is 57.4 Å². The van der Waals surface area contributed by atoms with Crippen molar-refractivity contribution in [1.29, 1.82) is 5.26 Å². The number of nitrogens with zero attached hydrogens (tertiary/aromatic N) is 4. The second kappa shape index (κ2) is 9.97. The highest BCUT2D eigenvalue weighted by Crippen LogP contribution is 2.32. The summed E-state index contributed by atoms with van der Waals surface area (Å²) in [4.78, 5) is 12.0. The zero-order chi connectivity index (χ0) is 18.8. The molecule has 9 heteroatoms. The Labute approximate surface area is 183 Å². The molecule has 1 aliphatic heterocycles. The van der Waals surface area contributed by atoms with Crippen molar-refractivity contribution < 1.29 is 0 Å². The predicted octanol–water partition coefficient (Wildman–Crippen LogP) is 3.19. The van der Waals surface area contributed by atoms with Crippen molar-refractivity contribution in [2.75, 3.05) is 36.1 Å². The van der Waals surface area contributed by atoms with Crippen molar-refractivity contribution >= 4 is 48.0 Å². The van der Waals surface area contributed by atoms with Crippen LogP contribution in [0.1, 0.15) is 36.1 Å². The van der Waals surface area contributed by atoms with E-state index in [1.165, 1.54) is 18.4 Å². The number of fused-ring (bicyclic) bond motifs is 1. The molecule has 0 bridgehead atoms. The van der Waals surface area contributed by atoms with Crippen LogP contribution in [0.25, 0.3) is 0 Å². The number of anilines is 4. The Kier molecular flexibility index (Phi) is 7.91. The molecule has 7 nitrogen and oxygen atoms in total. The first-order valence-electron chi connectivity index (χ1n) is 9.56. The molecule has 0 amide bonds. The summed E-state index contributed by atoms with van der Waals surface area (Å²) in [7, 11) is 2.02. The summed E-state index contributed by atoms with van der Waals surface area (Å²) >= 11 is 0. The normalized spacial score (nSPS) is 17.5. The highest BCUT2D eigenvalue weighted by atomic mass is 35.5. The van der Waals surface area contributed by atoms with E-state index in [4.69, 9.17) is 21.0 Å². The first kappa shape index (κ1) is 23.0. The maximum absolute atomic E-state index is 9.17. The molecule has 156 valence electrons. The van der Waals surface area contributed by atoms with Gasteiger partial charge in [0.2, 0.25) is 5.95 Å². The number of aryl methyl sites for hydroxylation is 1. The molecule has 1 aliphatic carbocycles. The molecule has 2 heterocycles. The van der Waals surface area contributed by atoms with Gasteiger partial charge in [-0.3, -0.25) is 0 Å². The van der Waals surface area contributed by atoms with Crippen LogP contribution in [0.15, 0.2) is 18.2 Å². The van der Waals surface area contributed by atoms with Crippen LogP contribution in [0.3, 0.4) is 0 Å². The van der Waals surface area contributed by atoms with Gasteiger partial charge in [-0.2, -0.15) is 10.2 Å². The molecule has 1 aromatic heterocycles. The Morgan fingerprint density at radius 3 is 2.69 bits per heavy atom. The van der Waals surface area contributed by atoms with Gasteiger partial charge in [0.15, 0.2) is 0 Å². The molecule has 0 saturated carbocycles. The number of nitrogens with two attached hydrogens (primary N) is 1. The van der Waals surface area contributed by atoms with Gasteiger partial charge >= 0.3 is 0 Å². The zero-order valence-electron chi connectivity index (χ0n) is 16.4. The van der Waals surface area contributed by atoms with E-state index in [0.717, 1.165) is 49.6 Å².